The fraction of sp³-hybridized carbons (Fsp3) is 0.538. The van der Waals surface area contributed by atoms with Crippen molar-refractivity contribution in [3.8, 4) is 0 Å². The molecule has 0 saturated carbocycles. The first kappa shape index (κ1) is 16.8. The van der Waals surface area contributed by atoms with Crippen molar-refractivity contribution in [3.05, 3.63) is 27.9 Å². The molecule has 0 atom stereocenters. The number of pyridine rings is 1. The molecule has 0 radical (unpaired) electrons. The molecule has 2 N–H and O–H groups in total. The summed E-state index contributed by atoms with van der Waals surface area (Å²) in [5, 5.41) is 22.6. The highest BCUT2D eigenvalue weighted by Crippen LogP contribution is 2.22. The van der Waals surface area contributed by atoms with Crippen LogP contribution in [0.2, 0.25) is 0 Å². The molecule has 1 rings (SSSR count). The van der Waals surface area contributed by atoms with Crippen LogP contribution in [0.15, 0.2) is 12.1 Å². The summed E-state index contributed by atoms with van der Waals surface area (Å²) in [6, 6.07) is 2.70. The van der Waals surface area contributed by atoms with Crippen LogP contribution in [0.25, 0.3) is 0 Å². The second-order valence-electron chi connectivity index (χ2n) is 4.98. The Balaban J connectivity index is 2.70. The number of aromatic carboxylic acids is 1. The first-order valence-corrected chi connectivity index (χ1v) is 6.65. The number of anilines is 1. The van der Waals surface area contributed by atoms with Crippen molar-refractivity contribution in [2.45, 2.75) is 26.3 Å². The van der Waals surface area contributed by atoms with Crippen molar-refractivity contribution < 1.29 is 14.8 Å². The zero-order valence-corrected chi connectivity index (χ0v) is 12.4. The van der Waals surface area contributed by atoms with Crippen molar-refractivity contribution in [1.29, 1.82) is 0 Å². The molecule has 0 unspecified atom stereocenters. The van der Waals surface area contributed by atoms with Gasteiger partial charge in [-0.05, 0) is 39.9 Å². The second-order valence-corrected chi connectivity index (χ2v) is 4.98. The zero-order chi connectivity index (χ0) is 16.0. The molecular weight excluding hydrogens is 276 g/mol. The molecule has 0 fully saturated rings. The SMILES string of the molecule is CC(C)N(C)CCCNc1nc(C(=O)O)ccc1[N+](=O)[O-]. The van der Waals surface area contributed by atoms with Crippen LogP contribution in [-0.2, 0) is 0 Å². The Hall–Kier alpha value is -2.22. The van der Waals surface area contributed by atoms with Gasteiger partial charge in [-0.3, -0.25) is 10.1 Å². The number of nitrogens with one attached hydrogen (secondary N) is 1. The van der Waals surface area contributed by atoms with Crippen LogP contribution in [0.1, 0.15) is 30.8 Å². The molecule has 0 spiro atoms. The maximum atomic E-state index is 10.9. The van der Waals surface area contributed by atoms with E-state index < -0.39 is 10.9 Å². The van der Waals surface area contributed by atoms with Crippen LogP contribution < -0.4 is 5.32 Å². The van der Waals surface area contributed by atoms with Crippen molar-refractivity contribution >= 4 is 17.5 Å². The van der Waals surface area contributed by atoms with Gasteiger partial charge < -0.3 is 15.3 Å². The summed E-state index contributed by atoms with van der Waals surface area (Å²) in [7, 11) is 2.00. The third-order valence-corrected chi connectivity index (χ3v) is 3.15. The number of hydrogen-bond donors (Lipinski definition) is 2. The fourth-order valence-electron chi connectivity index (χ4n) is 1.64. The minimum Gasteiger partial charge on any atom is -0.477 e. The average molecular weight is 296 g/mol. The molecule has 8 heteroatoms. The molecule has 0 amide bonds. The van der Waals surface area contributed by atoms with Crippen molar-refractivity contribution in [1.82, 2.24) is 9.88 Å². The van der Waals surface area contributed by atoms with Gasteiger partial charge in [-0.1, -0.05) is 0 Å². The van der Waals surface area contributed by atoms with Crippen LogP contribution in [0.4, 0.5) is 11.5 Å². The standard InChI is InChI=1S/C13H20N4O4/c1-9(2)16(3)8-4-7-14-12-11(17(20)21)6-5-10(15-12)13(18)19/h5-6,9H,4,7-8H2,1-3H3,(H,14,15)(H,18,19). The molecular formula is C13H20N4O4. The van der Waals surface area contributed by atoms with Crippen LogP contribution in [0, 0.1) is 10.1 Å². The van der Waals surface area contributed by atoms with Gasteiger partial charge in [-0.15, -0.1) is 0 Å². The monoisotopic (exact) mass is 296 g/mol. The molecule has 0 aliphatic heterocycles. The van der Waals surface area contributed by atoms with E-state index in [0.717, 1.165) is 25.1 Å². The van der Waals surface area contributed by atoms with Gasteiger partial charge in [0.1, 0.15) is 0 Å². The van der Waals surface area contributed by atoms with E-state index in [2.05, 4.69) is 29.0 Å². The van der Waals surface area contributed by atoms with E-state index in [1.807, 2.05) is 7.05 Å². The summed E-state index contributed by atoms with van der Waals surface area (Å²) in [5.74, 6) is -1.22. The predicted octanol–water partition coefficient (Wildman–Crippen LogP) is 1.83. The Morgan fingerprint density at radius 1 is 1.52 bits per heavy atom. The van der Waals surface area contributed by atoms with Crippen molar-refractivity contribution in [3.63, 3.8) is 0 Å². The Morgan fingerprint density at radius 2 is 2.19 bits per heavy atom. The number of nitrogens with zero attached hydrogens (tertiary/aromatic N) is 3. The quantitative estimate of drug-likeness (QED) is 0.428. The molecule has 1 aromatic rings. The molecule has 0 aromatic carbocycles. The number of hydrogen-bond acceptors (Lipinski definition) is 6. The van der Waals surface area contributed by atoms with E-state index in [1.54, 1.807) is 0 Å². The number of nitro groups is 1. The Kier molecular flexibility index (Phi) is 6.04. The van der Waals surface area contributed by atoms with Crippen molar-refractivity contribution in [2.24, 2.45) is 0 Å². The molecule has 116 valence electrons. The van der Waals surface area contributed by atoms with E-state index in [1.165, 1.54) is 0 Å². The first-order chi connectivity index (χ1) is 9.82. The van der Waals surface area contributed by atoms with Gasteiger partial charge in [-0.25, -0.2) is 9.78 Å². The molecule has 8 nitrogen and oxygen atoms in total. The van der Waals surface area contributed by atoms with E-state index in [0.29, 0.717) is 12.6 Å². The van der Waals surface area contributed by atoms with Gasteiger partial charge in [0.15, 0.2) is 5.69 Å². The fourth-order valence-corrected chi connectivity index (χ4v) is 1.64. The topological polar surface area (TPSA) is 109 Å². The summed E-state index contributed by atoms with van der Waals surface area (Å²) >= 11 is 0. The van der Waals surface area contributed by atoms with Crippen LogP contribution in [0.5, 0.6) is 0 Å². The summed E-state index contributed by atoms with van der Waals surface area (Å²) in [4.78, 5) is 27.1. The lowest BCUT2D eigenvalue weighted by atomic mass is 10.3. The van der Waals surface area contributed by atoms with Gasteiger partial charge in [-0.2, -0.15) is 0 Å². The van der Waals surface area contributed by atoms with Crippen LogP contribution in [0.3, 0.4) is 0 Å². The normalized spacial score (nSPS) is 10.9. The molecule has 0 bridgehead atoms. The van der Waals surface area contributed by atoms with E-state index in [9.17, 15) is 14.9 Å². The number of rotatable bonds is 8. The minimum absolute atomic E-state index is 0.00731. The number of carboxylic acids is 1. The maximum absolute atomic E-state index is 10.9. The van der Waals surface area contributed by atoms with E-state index in [4.69, 9.17) is 5.11 Å². The summed E-state index contributed by atoms with van der Waals surface area (Å²) in [6.45, 7) is 5.47. The lowest BCUT2D eigenvalue weighted by Gasteiger charge is -2.20. The van der Waals surface area contributed by atoms with Gasteiger partial charge >= 0.3 is 11.7 Å². The van der Waals surface area contributed by atoms with Crippen LogP contribution in [-0.4, -0.2) is 52.1 Å². The lowest BCUT2D eigenvalue weighted by Crippen LogP contribution is -2.28. The second kappa shape index (κ2) is 7.53. The van der Waals surface area contributed by atoms with Crippen LogP contribution >= 0.6 is 0 Å². The van der Waals surface area contributed by atoms with Gasteiger partial charge in [0, 0.05) is 18.7 Å². The largest absolute Gasteiger partial charge is 0.477 e. The van der Waals surface area contributed by atoms with Crippen molar-refractivity contribution in [2.75, 3.05) is 25.5 Å². The highest BCUT2D eigenvalue weighted by atomic mass is 16.6. The van der Waals surface area contributed by atoms with Gasteiger partial charge in [0.25, 0.3) is 0 Å². The lowest BCUT2D eigenvalue weighted by molar-refractivity contribution is -0.384. The van der Waals surface area contributed by atoms with E-state index >= 15 is 0 Å². The molecule has 1 heterocycles. The Bertz CT molecular complexity index is 519. The number of carboxylic acid groups (broad SMARTS) is 1. The average Bonchev–Trinajstić information content (AvgIpc) is 2.42. The summed E-state index contributed by atoms with van der Waals surface area (Å²) in [5.41, 5.74) is -0.445. The number of aromatic nitrogens is 1. The van der Waals surface area contributed by atoms with E-state index in [-0.39, 0.29) is 17.2 Å². The zero-order valence-electron chi connectivity index (χ0n) is 12.4. The van der Waals surface area contributed by atoms with Gasteiger partial charge in [0.05, 0.1) is 4.92 Å². The summed E-state index contributed by atoms with van der Waals surface area (Å²) < 4.78 is 0. The maximum Gasteiger partial charge on any atom is 0.354 e. The smallest absolute Gasteiger partial charge is 0.354 e. The Labute approximate surface area is 122 Å². The third kappa shape index (κ3) is 4.99. The molecule has 0 aliphatic rings. The minimum atomic E-state index is -1.22. The molecule has 21 heavy (non-hydrogen) atoms. The molecule has 0 saturated heterocycles. The third-order valence-electron chi connectivity index (χ3n) is 3.15. The predicted molar refractivity (Wildman–Crippen MR) is 78.7 cm³/mol. The highest BCUT2D eigenvalue weighted by Gasteiger charge is 2.18. The van der Waals surface area contributed by atoms with Gasteiger partial charge in [0.2, 0.25) is 5.82 Å². The molecule has 0 aliphatic carbocycles. The number of carbonyl (C=O) groups is 1. The molecule has 1 aromatic heterocycles. The first-order valence-electron chi connectivity index (χ1n) is 6.65. The Morgan fingerprint density at radius 3 is 2.71 bits per heavy atom. The summed E-state index contributed by atoms with van der Waals surface area (Å²) in [6.07, 6.45) is 0.769. The highest BCUT2D eigenvalue weighted by molar-refractivity contribution is 5.86.